The number of carbonyl (C=O) groups excluding carboxylic acids is 1. The van der Waals surface area contributed by atoms with E-state index < -0.39 is 0 Å². The van der Waals surface area contributed by atoms with Crippen LogP contribution in [0, 0.1) is 0 Å². The van der Waals surface area contributed by atoms with Gasteiger partial charge in [-0.3, -0.25) is 9.69 Å². The number of nitrogens with zero attached hydrogens (tertiary/aromatic N) is 1. The predicted octanol–water partition coefficient (Wildman–Crippen LogP) is 1.06. The molecule has 0 spiro atoms. The molecule has 0 aliphatic heterocycles. The number of esters is 1. The normalized spacial score (nSPS) is 12.8. The second-order valence-corrected chi connectivity index (χ2v) is 3.16. The standard InChI is InChI=1S/C9H17NO2/c1-7(2)6-8(10(3)4)9(11)12-5/h8H,1,6H2,2-5H3. The molecule has 12 heavy (non-hydrogen) atoms. The van der Waals surface area contributed by atoms with Gasteiger partial charge < -0.3 is 4.74 Å². The van der Waals surface area contributed by atoms with Crippen molar-refractivity contribution in [3.05, 3.63) is 12.2 Å². The van der Waals surface area contributed by atoms with Crippen LogP contribution in [0.2, 0.25) is 0 Å². The van der Waals surface area contributed by atoms with Crippen molar-refractivity contribution in [3.8, 4) is 0 Å². The second kappa shape index (κ2) is 4.93. The fourth-order valence-electron chi connectivity index (χ4n) is 0.943. The quantitative estimate of drug-likeness (QED) is 0.468. The van der Waals surface area contributed by atoms with Gasteiger partial charge in [-0.25, -0.2) is 0 Å². The third kappa shape index (κ3) is 3.53. The fourth-order valence-corrected chi connectivity index (χ4v) is 0.943. The molecule has 0 bridgehead atoms. The minimum Gasteiger partial charge on any atom is -0.468 e. The highest BCUT2D eigenvalue weighted by molar-refractivity contribution is 5.75. The van der Waals surface area contributed by atoms with Gasteiger partial charge in [-0.05, 0) is 27.4 Å². The Morgan fingerprint density at radius 1 is 1.58 bits per heavy atom. The molecule has 3 nitrogen and oxygen atoms in total. The molecule has 0 aliphatic rings. The van der Waals surface area contributed by atoms with Gasteiger partial charge in [-0.15, -0.1) is 6.58 Å². The molecule has 70 valence electrons. The molecule has 1 atom stereocenters. The van der Waals surface area contributed by atoms with Crippen molar-refractivity contribution in [1.29, 1.82) is 0 Å². The number of rotatable bonds is 4. The molecule has 3 heteroatoms. The summed E-state index contributed by atoms with van der Waals surface area (Å²) in [5.74, 6) is -0.206. The SMILES string of the molecule is C=C(C)CC(C(=O)OC)N(C)C. The largest absolute Gasteiger partial charge is 0.468 e. The van der Waals surface area contributed by atoms with Crippen LogP contribution in [0.15, 0.2) is 12.2 Å². The predicted molar refractivity (Wildman–Crippen MR) is 48.9 cm³/mol. The van der Waals surface area contributed by atoms with Crippen LogP contribution >= 0.6 is 0 Å². The first-order valence-corrected chi connectivity index (χ1v) is 3.87. The first-order valence-electron chi connectivity index (χ1n) is 3.87. The van der Waals surface area contributed by atoms with Crippen molar-refractivity contribution >= 4 is 5.97 Å². The number of hydrogen-bond acceptors (Lipinski definition) is 3. The zero-order valence-corrected chi connectivity index (χ0v) is 8.26. The van der Waals surface area contributed by atoms with E-state index in [0.717, 1.165) is 5.57 Å². The molecule has 0 amide bonds. The molecule has 0 N–H and O–H groups in total. The van der Waals surface area contributed by atoms with E-state index in [1.165, 1.54) is 7.11 Å². The summed E-state index contributed by atoms with van der Waals surface area (Å²) < 4.78 is 4.65. The van der Waals surface area contributed by atoms with Crippen LogP contribution in [0.5, 0.6) is 0 Å². The topological polar surface area (TPSA) is 29.5 Å². The molecule has 1 unspecified atom stereocenters. The van der Waals surface area contributed by atoms with Crippen LogP contribution in [-0.4, -0.2) is 38.1 Å². The van der Waals surface area contributed by atoms with Gasteiger partial charge in [0, 0.05) is 0 Å². The maximum Gasteiger partial charge on any atom is 0.323 e. The molecule has 0 saturated heterocycles. The third-order valence-electron chi connectivity index (χ3n) is 1.64. The van der Waals surface area contributed by atoms with E-state index in [4.69, 9.17) is 0 Å². The summed E-state index contributed by atoms with van der Waals surface area (Å²) in [5.41, 5.74) is 0.985. The molecule has 0 aromatic carbocycles. The van der Waals surface area contributed by atoms with Crippen LogP contribution in [-0.2, 0) is 9.53 Å². The Labute approximate surface area is 74.0 Å². The van der Waals surface area contributed by atoms with E-state index in [1.54, 1.807) is 0 Å². The summed E-state index contributed by atoms with van der Waals surface area (Å²) in [5, 5.41) is 0. The van der Waals surface area contributed by atoms with E-state index in [1.807, 2.05) is 25.9 Å². The number of carbonyl (C=O) groups is 1. The van der Waals surface area contributed by atoms with Crippen LogP contribution in [0.1, 0.15) is 13.3 Å². The van der Waals surface area contributed by atoms with Gasteiger partial charge >= 0.3 is 5.97 Å². The van der Waals surface area contributed by atoms with Gasteiger partial charge in [-0.2, -0.15) is 0 Å². The molecular weight excluding hydrogens is 154 g/mol. The van der Waals surface area contributed by atoms with E-state index in [0.29, 0.717) is 6.42 Å². The lowest BCUT2D eigenvalue weighted by Crippen LogP contribution is -2.36. The monoisotopic (exact) mass is 171 g/mol. The van der Waals surface area contributed by atoms with Crippen molar-refractivity contribution < 1.29 is 9.53 Å². The van der Waals surface area contributed by atoms with Gasteiger partial charge in [-0.1, -0.05) is 5.57 Å². The zero-order chi connectivity index (χ0) is 9.72. The minimum atomic E-state index is -0.206. The van der Waals surface area contributed by atoms with Crippen molar-refractivity contribution in [1.82, 2.24) is 4.90 Å². The lowest BCUT2D eigenvalue weighted by molar-refractivity contribution is -0.145. The van der Waals surface area contributed by atoms with Gasteiger partial charge in [0.25, 0.3) is 0 Å². The van der Waals surface area contributed by atoms with Crippen LogP contribution in [0.3, 0.4) is 0 Å². The molecule has 0 saturated carbocycles. The van der Waals surface area contributed by atoms with E-state index in [-0.39, 0.29) is 12.0 Å². The number of likely N-dealkylation sites (N-methyl/N-ethyl adjacent to an activating group) is 1. The van der Waals surface area contributed by atoms with Crippen molar-refractivity contribution in [3.63, 3.8) is 0 Å². The van der Waals surface area contributed by atoms with E-state index >= 15 is 0 Å². The summed E-state index contributed by atoms with van der Waals surface area (Å²) in [6, 6.07) is -0.201. The molecule has 0 heterocycles. The van der Waals surface area contributed by atoms with Crippen molar-refractivity contribution in [2.75, 3.05) is 21.2 Å². The number of hydrogen-bond donors (Lipinski definition) is 0. The third-order valence-corrected chi connectivity index (χ3v) is 1.64. The first-order chi connectivity index (χ1) is 5.49. The van der Waals surface area contributed by atoms with Crippen LogP contribution in [0.25, 0.3) is 0 Å². The molecule has 0 rings (SSSR count). The minimum absolute atomic E-state index is 0.201. The smallest absolute Gasteiger partial charge is 0.323 e. The van der Waals surface area contributed by atoms with Crippen molar-refractivity contribution in [2.45, 2.75) is 19.4 Å². The second-order valence-electron chi connectivity index (χ2n) is 3.16. The summed E-state index contributed by atoms with van der Waals surface area (Å²) in [6.45, 7) is 5.66. The average molecular weight is 171 g/mol. The Hall–Kier alpha value is -0.830. The Bertz CT molecular complexity index is 175. The number of methoxy groups -OCH3 is 1. The summed E-state index contributed by atoms with van der Waals surface area (Å²) >= 11 is 0. The van der Waals surface area contributed by atoms with E-state index in [2.05, 4.69) is 11.3 Å². The molecule has 0 fully saturated rings. The Morgan fingerprint density at radius 2 is 2.08 bits per heavy atom. The highest BCUT2D eigenvalue weighted by atomic mass is 16.5. The lowest BCUT2D eigenvalue weighted by atomic mass is 10.1. The van der Waals surface area contributed by atoms with Gasteiger partial charge in [0.15, 0.2) is 0 Å². The lowest BCUT2D eigenvalue weighted by Gasteiger charge is -2.21. The van der Waals surface area contributed by atoms with Crippen LogP contribution < -0.4 is 0 Å². The summed E-state index contributed by atoms with van der Waals surface area (Å²) in [7, 11) is 5.10. The maximum absolute atomic E-state index is 11.2. The van der Waals surface area contributed by atoms with Crippen molar-refractivity contribution in [2.24, 2.45) is 0 Å². The Balaban J connectivity index is 4.23. The highest BCUT2D eigenvalue weighted by Crippen LogP contribution is 2.08. The molecule has 0 radical (unpaired) electrons. The molecule has 0 aliphatic carbocycles. The molecular formula is C9H17NO2. The van der Waals surface area contributed by atoms with Crippen LogP contribution in [0.4, 0.5) is 0 Å². The van der Waals surface area contributed by atoms with Gasteiger partial charge in [0.05, 0.1) is 7.11 Å². The summed E-state index contributed by atoms with van der Waals surface area (Å²) in [4.78, 5) is 13.0. The van der Waals surface area contributed by atoms with E-state index in [9.17, 15) is 4.79 Å². The molecule has 0 aromatic heterocycles. The fraction of sp³-hybridized carbons (Fsp3) is 0.667. The zero-order valence-electron chi connectivity index (χ0n) is 8.26. The first kappa shape index (κ1) is 11.2. The Morgan fingerprint density at radius 3 is 2.33 bits per heavy atom. The maximum atomic E-state index is 11.2. The van der Waals surface area contributed by atoms with Gasteiger partial charge in [0.1, 0.15) is 6.04 Å². The summed E-state index contributed by atoms with van der Waals surface area (Å²) in [6.07, 6.45) is 0.652. The molecule has 0 aromatic rings. The highest BCUT2D eigenvalue weighted by Gasteiger charge is 2.20. The number of ether oxygens (including phenoxy) is 1. The average Bonchev–Trinajstić information content (AvgIpc) is 1.98. The Kier molecular flexibility index (Phi) is 4.59. The van der Waals surface area contributed by atoms with Gasteiger partial charge in [0.2, 0.25) is 0 Å².